The highest BCUT2D eigenvalue weighted by Crippen LogP contribution is 2.11. The van der Waals surface area contributed by atoms with Gasteiger partial charge in [-0.25, -0.2) is 0 Å². The highest BCUT2D eigenvalue weighted by atomic mass is 16.3. The number of nitrogens with zero attached hydrogens (tertiary/aromatic N) is 2. The summed E-state index contributed by atoms with van der Waals surface area (Å²) in [6.45, 7) is 1.93. The van der Waals surface area contributed by atoms with Crippen molar-refractivity contribution in [3.05, 3.63) is 6.20 Å². The number of hydrogen-bond acceptors (Lipinski definition) is 3. The van der Waals surface area contributed by atoms with Gasteiger partial charge in [-0.15, -0.1) is 0 Å². The number of aromatic nitrogens is 2. The quantitative estimate of drug-likeness (QED) is 0.730. The van der Waals surface area contributed by atoms with E-state index >= 15 is 0 Å². The lowest BCUT2D eigenvalue weighted by Crippen LogP contribution is -2.13. The molecule has 0 saturated heterocycles. The smallest absolute Gasteiger partial charge is 0.231 e. The average molecular weight is 183 g/mol. The lowest BCUT2D eigenvalue weighted by atomic mass is 10.3. The fraction of sp³-hybridized carbons (Fsp3) is 0.500. The molecule has 0 unspecified atom stereocenters. The second-order valence-electron chi connectivity index (χ2n) is 2.83. The Morgan fingerprint density at radius 3 is 2.92 bits per heavy atom. The lowest BCUT2D eigenvalue weighted by Gasteiger charge is -2.02. The summed E-state index contributed by atoms with van der Waals surface area (Å²) in [4.78, 5) is 14.8. The van der Waals surface area contributed by atoms with E-state index in [-0.39, 0.29) is 11.8 Å². The Bertz CT molecular complexity index is 306. The molecule has 0 saturated carbocycles. The Morgan fingerprint density at radius 2 is 2.46 bits per heavy atom. The van der Waals surface area contributed by atoms with E-state index in [0.29, 0.717) is 12.4 Å². The molecule has 0 spiro atoms. The van der Waals surface area contributed by atoms with Gasteiger partial charge in [-0.05, 0) is 6.42 Å². The molecule has 5 heteroatoms. The van der Waals surface area contributed by atoms with E-state index in [2.05, 4.69) is 10.3 Å². The monoisotopic (exact) mass is 183 g/mol. The van der Waals surface area contributed by atoms with Crippen LogP contribution in [0.2, 0.25) is 0 Å². The van der Waals surface area contributed by atoms with Crippen molar-refractivity contribution in [1.82, 2.24) is 9.55 Å². The Hall–Kier alpha value is -1.52. The van der Waals surface area contributed by atoms with Gasteiger partial charge in [0.1, 0.15) is 0 Å². The van der Waals surface area contributed by atoms with Gasteiger partial charge in [0.2, 0.25) is 17.7 Å². The van der Waals surface area contributed by atoms with E-state index in [4.69, 9.17) is 5.11 Å². The van der Waals surface area contributed by atoms with Gasteiger partial charge in [0.25, 0.3) is 0 Å². The topological polar surface area (TPSA) is 67.2 Å². The third-order valence-corrected chi connectivity index (χ3v) is 1.59. The van der Waals surface area contributed by atoms with Crippen LogP contribution in [0, 0.1) is 0 Å². The van der Waals surface area contributed by atoms with Crippen LogP contribution in [0.15, 0.2) is 6.20 Å². The number of aromatic hydroxyl groups is 1. The summed E-state index contributed by atoms with van der Waals surface area (Å²) in [5.41, 5.74) is 0. The van der Waals surface area contributed by atoms with Crippen LogP contribution in [-0.2, 0) is 11.8 Å². The van der Waals surface area contributed by atoms with Gasteiger partial charge in [-0.2, -0.15) is 4.98 Å². The molecular formula is C8H13N3O2. The minimum absolute atomic E-state index is 0.0869. The number of hydrogen-bond donors (Lipinski definition) is 2. The maximum atomic E-state index is 11.1. The zero-order valence-corrected chi connectivity index (χ0v) is 7.74. The number of anilines is 1. The molecule has 0 bridgehead atoms. The van der Waals surface area contributed by atoms with E-state index in [9.17, 15) is 4.79 Å². The number of carbonyl (C=O) groups is 1. The van der Waals surface area contributed by atoms with Gasteiger partial charge in [0, 0.05) is 13.5 Å². The normalized spacial score (nSPS) is 10.0. The molecule has 1 amide bonds. The lowest BCUT2D eigenvalue weighted by molar-refractivity contribution is -0.116. The minimum atomic E-state index is -0.0886. The van der Waals surface area contributed by atoms with Gasteiger partial charge in [0.05, 0.1) is 6.20 Å². The molecule has 0 fully saturated rings. The van der Waals surface area contributed by atoms with Crippen molar-refractivity contribution in [2.75, 3.05) is 5.32 Å². The van der Waals surface area contributed by atoms with Gasteiger partial charge in [-0.3, -0.25) is 10.1 Å². The van der Waals surface area contributed by atoms with E-state index in [1.807, 2.05) is 6.92 Å². The van der Waals surface area contributed by atoms with Crippen LogP contribution in [0.4, 0.5) is 5.95 Å². The number of carbonyl (C=O) groups excluding carboxylic acids is 1. The van der Waals surface area contributed by atoms with Crippen molar-refractivity contribution in [2.24, 2.45) is 7.05 Å². The Kier molecular flexibility index (Phi) is 2.89. The summed E-state index contributed by atoms with van der Waals surface area (Å²) in [5.74, 6) is 0.196. The molecule has 1 heterocycles. The highest BCUT2D eigenvalue weighted by molar-refractivity contribution is 5.89. The summed E-state index contributed by atoms with van der Waals surface area (Å²) in [6.07, 6.45) is 2.69. The molecule has 72 valence electrons. The van der Waals surface area contributed by atoms with Crippen molar-refractivity contribution in [1.29, 1.82) is 0 Å². The van der Waals surface area contributed by atoms with E-state index in [1.54, 1.807) is 11.6 Å². The van der Waals surface area contributed by atoms with E-state index < -0.39 is 0 Å². The van der Waals surface area contributed by atoms with E-state index in [1.165, 1.54) is 6.20 Å². The molecule has 0 aliphatic carbocycles. The van der Waals surface area contributed by atoms with Crippen molar-refractivity contribution >= 4 is 11.9 Å². The summed E-state index contributed by atoms with van der Waals surface area (Å²) in [5, 5.41) is 11.6. The predicted octanol–water partition coefficient (Wildman–Crippen LogP) is 0.864. The number of aryl methyl sites for hydroxylation is 1. The van der Waals surface area contributed by atoms with Gasteiger partial charge < -0.3 is 9.67 Å². The largest absolute Gasteiger partial charge is 0.492 e. The molecule has 1 aromatic heterocycles. The molecule has 0 radical (unpaired) electrons. The Morgan fingerprint density at radius 1 is 1.77 bits per heavy atom. The maximum Gasteiger partial charge on any atom is 0.231 e. The first-order valence-corrected chi connectivity index (χ1v) is 4.15. The van der Waals surface area contributed by atoms with Crippen molar-refractivity contribution < 1.29 is 9.90 Å². The van der Waals surface area contributed by atoms with Crippen molar-refractivity contribution in [3.63, 3.8) is 0 Å². The first-order chi connectivity index (χ1) is 6.13. The predicted molar refractivity (Wildman–Crippen MR) is 48.4 cm³/mol. The average Bonchev–Trinajstić information content (AvgIpc) is 2.30. The summed E-state index contributed by atoms with van der Waals surface area (Å²) < 4.78 is 1.56. The maximum absolute atomic E-state index is 11.1. The zero-order chi connectivity index (χ0) is 9.84. The van der Waals surface area contributed by atoms with Crippen LogP contribution < -0.4 is 5.32 Å². The Labute approximate surface area is 76.4 Å². The van der Waals surface area contributed by atoms with Crippen LogP contribution in [-0.4, -0.2) is 20.6 Å². The molecule has 0 aliphatic rings. The number of nitrogens with one attached hydrogen (secondary N) is 1. The van der Waals surface area contributed by atoms with Crippen LogP contribution in [0.3, 0.4) is 0 Å². The molecule has 0 aliphatic heterocycles. The van der Waals surface area contributed by atoms with Gasteiger partial charge in [-0.1, -0.05) is 6.92 Å². The van der Waals surface area contributed by atoms with E-state index in [0.717, 1.165) is 6.42 Å². The van der Waals surface area contributed by atoms with Crippen molar-refractivity contribution in [2.45, 2.75) is 19.8 Å². The van der Waals surface area contributed by atoms with Crippen molar-refractivity contribution in [3.8, 4) is 5.88 Å². The standard InChI is InChI=1S/C8H13N3O2/c1-3-4-6(12)9-8-10-7(13)5-11(8)2/h5,13H,3-4H2,1-2H3,(H,9,10,12). The summed E-state index contributed by atoms with van der Waals surface area (Å²) in [6, 6.07) is 0. The fourth-order valence-electron chi connectivity index (χ4n) is 0.981. The van der Waals surface area contributed by atoms with Crippen LogP contribution in [0.1, 0.15) is 19.8 Å². The molecule has 0 aromatic carbocycles. The van der Waals surface area contributed by atoms with Crippen LogP contribution >= 0.6 is 0 Å². The van der Waals surface area contributed by atoms with Crippen LogP contribution in [0.5, 0.6) is 5.88 Å². The van der Waals surface area contributed by atoms with Gasteiger partial charge >= 0.3 is 0 Å². The Balaban J connectivity index is 2.63. The minimum Gasteiger partial charge on any atom is -0.492 e. The number of imidazole rings is 1. The third-order valence-electron chi connectivity index (χ3n) is 1.59. The fourth-order valence-corrected chi connectivity index (χ4v) is 0.981. The van der Waals surface area contributed by atoms with Crippen LogP contribution in [0.25, 0.3) is 0 Å². The molecule has 0 atom stereocenters. The molecule has 13 heavy (non-hydrogen) atoms. The molecule has 5 nitrogen and oxygen atoms in total. The first kappa shape index (κ1) is 9.57. The first-order valence-electron chi connectivity index (χ1n) is 4.15. The second-order valence-corrected chi connectivity index (χ2v) is 2.83. The summed E-state index contributed by atoms with van der Waals surface area (Å²) in [7, 11) is 1.70. The molecule has 1 aromatic rings. The molecule has 2 N–H and O–H groups in total. The zero-order valence-electron chi connectivity index (χ0n) is 7.74. The SMILES string of the molecule is CCCC(=O)Nc1nc(O)cn1C. The number of amides is 1. The third kappa shape index (κ3) is 2.47. The molecule has 1 rings (SSSR count). The van der Waals surface area contributed by atoms with Gasteiger partial charge in [0.15, 0.2) is 0 Å². The summed E-state index contributed by atoms with van der Waals surface area (Å²) >= 11 is 0. The highest BCUT2D eigenvalue weighted by Gasteiger charge is 2.06. The molecular weight excluding hydrogens is 170 g/mol. The second kappa shape index (κ2) is 3.93. The number of rotatable bonds is 3.